The average Bonchev–Trinajstić information content (AvgIpc) is 2.84. The number of aromatic nitrogens is 1. The molecule has 2 aromatic carbocycles. The first-order chi connectivity index (χ1) is 15.7. The van der Waals surface area contributed by atoms with E-state index in [0.29, 0.717) is 0 Å². The minimum atomic E-state index is -0.135. The lowest BCUT2D eigenvalue weighted by Crippen LogP contribution is -2.43. The Morgan fingerprint density at radius 3 is 2.69 bits per heavy atom. The third-order valence-corrected chi connectivity index (χ3v) is 6.28. The first kappa shape index (κ1) is 22.0. The molecular formula is C27H31N3O2. The molecule has 0 bridgehead atoms. The van der Waals surface area contributed by atoms with Gasteiger partial charge < -0.3 is 10.1 Å². The molecule has 1 fully saturated rings. The lowest BCUT2D eigenvalue weighted by Gasteiger charge is -2.37. The summed E-state index contributed by atoms with van der Waals surface area (Å²) in [5.41, 5.74) is 3.80. The minimum absolute atomic E-state index is 0.0411. The summed E-state index contributed by atoms with van der Waals surface area (Å²) in [4.78, 5) is 20.2. The quantitative estimate of drug-likeness (QED) is 0.587. The summed E-state index contributed by atoms with van der Waals surface area (Å²) in [7, 11) is 1.72. The minimum Gasteiger partial charge on any atom is -0.496 e. The zero-order chi connectivity index (χ0) is 22.3. The van der Waals surface area contributed by atoms with Gasteiger partial charge in [0.15, 0.2) is 0 Å². The number of amides is 1. The van der Waals surface area contributed by atoms with E-state index in [-0.39, 0.29) is 17.9 Å². The fourth-order valence-corrected chi connectivity index (χ4v) is 4.62. The van der Waals surface area contributed by atoms with E-state index in [1.807, 2.05) is 61.5 Å². The fraction of sp³-hybridized carbons (Fsp3) is 0.333. The number of nitrogens with zero attached hydrogens (tertiary/aromatic N) is 2. The molecule has 166 valence electrons. The van der Waals surface area contributed by atoms with Crippen molar-refractivity contribution < 1.29 is 9.53 Å². The predicted octanol–water partition coefficient (Wildman–Crippen LogP) is 4.78. The average molecular weight is 430 g/mol. The summed E-state index contributed by atoms with van der Waals surface area (Å²) >= 11 is 0. The van der Waals surface area contributed by atoms with Crippen LogP contribution in [0.4, 0.5) is 0 Å². The second kappa shape index (κ2) is 10.4. The Labute approximate surface area is 190 Å². The second-order valence-electron chi connectivity index (χ2n) is 8.47. The largest absolute Gasteiger partial charge is 0.496 e. The molecule has 0 aliphatic carbocycles. The first-order valence-corrected chi connectivity index (χ1v) is 11.3. The number of hydrogen-bond acceptors (Lipinski definition) is 4. The Balaban J connectivity index is 1.54. The van der Waals surface area contributed by atoms with E-state index < -0.39 is 0 Å². The van der Waals surface area contributed by atoms with Crippen molar-refractivity contribution in [1.82, 2.24) is 15.2 Å². The molecule has 0 spiro atoms. The molecule has 1 aromatic heterocycles. The van der Waals surface area contributed by atoms with Crippen molar-refractivity contribution in [2.45, 2.75) is 32.4 Å². The highest BCUT2D eigenvalue weighted by atomic mass is 16.5. The molecule has 1 saturated heterocycles. The van der Waals surface area contributed by atoms with Crippen molar-refractivity contribution in [1.29, 1.82) is 0 Å². The standard InChI is InChI=1S/C27H31N3O2/c1-20-10-3-5-13-23(20)27(31)29-26(24-14-7-8-16-28-24)22-12-9-17-30(19-22)18-21-11-4-6-15-25(21)32-2/h3-8,10-11,13-16,22,26H,9,12,17-19H2,1-2H3,(H,29,31)/t22-,26+/m0/s1. The van der Waals surface area contributed by atoms with E-state index in [4.69, 9.17) is 4.74 Å². The van der Waals surface area contributed by atoms with Crippen molar-refractivity contribution >= 4 is 5.91 Å². The lowest BCUT2D eigenvalue weighted by molar-refractivity contribution is 0.0874. The van der Waals surface area contributed by atoms with E-state index in [9.17, 15) is 4.79 Å². The third-order valence-electron chi connectivity index (χ3n) is 6.28. The number of methoxy groups -OCH3 is 1. The van der Waals surface area contributed by atoms with Crippen molar-refractivity contribution in [3.8, 4) is 5.75 Å². The molecular weight excluding hydrogens is 398 g/mol. The van der Waals surface area contributed by atoms with Crippen LogP contribution in [0.25, 0.3) is 0 Å². The Bertz CT molecular complexity index is 1040. The van der Waals surface area contributed by atoms with Crippen LogP contribution >= 0.6 is 0 Å². The van der Waals surface area contributed by atoms with Crippen molar-refractivity contribution in [2.24, 2.45) is 5.92 Å². The maximum atomic E-state index is 13.2. The van der Waals surface area contributed by atoms with Crippen LogP contribution in [0.1, 0.15) is 46.1 Å². The maximum absolute atomic E-state index is 13.2. The van der Waals surface area contributed by atoms with Gasteiger partial charge in [0.25, 0.3) is 5.91 Å². The van der Waals surface area contributed by atoms with Crippen LogP contribution in [0.5, 0.6) is 5.75 Å². The molecule has 1 aliphatic heterocycles. The highest BCUT2D eigenvalue weighted by molar-refractivity contribution is 5.95. The van der Waals surface area contributed by atoms with Crippen LogP contribution in [0, 0.1) is 12.8 Å². The Hall–Kier alpha value is -3.18. The maximum Gasteiger partial charge on any atom is 0.252 e. The number of carbonyl (C=O) groups excluding carboxylic acids is 1. The van der Waals surface area contributed by atoms with Gasteiger partial charge in [0.05, 0.1) is 18.8 Å². The van der Waals surface area contributed by atoms with Gasteiger partial charge in [0.1, 0.15) is 5.75 Å². The van der Waals surface area contributed by atoms with Gasteiger partial charge in [0.2, 0.25) is 0 Å². The van der Waals surface area contributed by atoms with Gasteiger partial charge in [-0.2, -0.15) is 0 Å². The third kappa shape index (κ3) is 5.17. The van der Waals surface area contributed by atoms with Gasteiger partial charge in [0, 0.05) is 30.4 Å². The molecule has 4 rings (SSSR count). The summed E-state index contributed by atoms with van der Waals surface area (Å²) in [5, 5.41) is 3.31. The summed E-state index contributed by atoms with van der Waals surface area (Å²) in [6, 6.07) is 21.7. The number of rotatable bonds is 7. The molecule has 0 unspecified atom stereocenters. The monoisotopic (exact) mass is 429 g/mol. The van der Waals surface area contributed by atoms with Crippen LogP contribution in [-0.2, 0) is 6.54 Å². The molecule has 1 amide bonds. The molecule has 32 heavy (non-hydrogen) atoms. The molecule has 2 heterocycles. The first-order valence-electron chi connectivity index (χ1n) is 11.3. The van der Waals surface area contributed by atoms with Gasteiger partial charge in [-0.3, -0.25) is 14.7 Å². The Kier molecular flexibility index (Phi) is 7.17. The van der Waals surface area contributed by atoms with E-state index >= 15 is 0 Å². The molecule has 0 radical (unpaired) electrons. The van der Waals surface area contributed by atoms with Crippen molar-refractivity contribution in [3.05, 3.63) is 95.3 Å². The molecule has 5 nitrogen and oxygen atoms in total. The number of hydrogen-bond donors (Lipinski definition) is 1. The van der Waals surface area contributed by atoms with Crippen LogP contribution in [-0.4, -0.2) is 36.0 Å². The molecule has 2 atom stereocenters. The van der Waals surface area contributed by atoms with Gasteiger partial charge >= 0.3 is 0 Å². The van der Waals surface area contributed by atoms with Gasteiger partial charge in [-0.25, -0.2) is 0 Å². The molecule has 5 heteroatoms. The van der Waals surface area contributed by atoms with Crippen LogP contribution < -0.4 is 10.1 Å². The van der Waals surface area contributed by atoms with Gasteiger partial charge in [-0.1, -0.05) is 42.5 Å². The Morgan fingerprint density at radius 1 is 1.12 bits per heavy atom. The van der Waals surface area contributed by atoms with Crippen LogP contribution in [0.2, 0.25) is 0 Å². The summed E-state index contributed by atoms with van der Waals surface area (Å²) in [6.07, 6.45) is 3.94. The van der Waals surface area contributed by atoms with Crippen molar-refractivity contribution in [3.63, 3.8) is 0 Å². The molecule has 3 aromatic rings. The Morgan fingerprint density at radius 2 is 1.91 bits per heavy atom. The van der Waals surface area contributed by atoms with E-state index in [0.717, 1.165) is 55.0 Å². The predicted molar refractivity (Wildman–Crippen MR) is 127 cm³/mol. The lowest BCUT2D eigenvalue weighted by atomic mass is 9.87. The zero-order valence-corrected chi connectivity index (χ0v) is 18.8. The highest BCUT2D eigenvalue weighted by Crippen LogP contribution is 2.31. The molecule has 1 N–H and O–H groups in total. The summed E-state index contributed by atoms with van der Waals surface area (Å²) in [5.74, 6) is 1.16. The van der Waals surface area contributed by atoms with Crippen LogP contribution in [0.3, 0.4) is 0 Å². The smallest absolute Gasteiger partial charge is 0.252 e. The SMILES string of the molecule is COc1ccccc1CN1CCC[C@H]([C@@H](NC(=O)c2ccccc2C)c2ccccn2)C1. The number of likely N-dealkylation sites (tertiary alicyclic amines) is 1. The van der Waals surface area contributed by atoms with E-state index in [1.165, 1.54) is 5.56 Å². The normalized spacial score (nSPS) is 17.5. The molecule has 0 saturated carbocycles. The fourth-order valence-electron chi connectivity index (χ4n) is 4.62. The van der Waals surface area contributed by atoms with Gasteiger partial charge in [-0.15, -0.1) is 0 Å². The number of ether oxygens (including phenoxy) is 1. The summed E-state index contributed by atoms with van der Waals surface area (Å²) in [6.45, 7) is 4.74. The van der Waals surface area contributed by atoms with E-state index in [1.54, 1.807) is 13.3 Å². The number of pyridine rings is 1. The van der Waals surface area contributed by atoms with Crippen molar-refractivity contribution in [2.75, 3.05) is 20.2 Å². The number of piperidine rings is 1. The zero-order valence-electron chi connectivity index (χ0n) is 18.8. The topological polar surface area (TPSA) is 54.5 Å². The number of para-hydroxylation sites is 1. The molecule has 1 aliphatic rings. The summed E-state index contributed by atoms with van der Waals surface area (Å²) < 4.78 is 5.55. The van der Waals surface area contributed by atoms with Crippen LogP contribution in [0.15, 0.2) is 72.9 Å². The van der Waals surface area contributed by atoms with Gasteiger partial charge in [-0.05, 0) is 62.1 Å². The number of carbonyl (C=O) groups is 1. The number of aryl methyl sites for hydroxylation is 1. The highest BCUT2D eigenvalue weighted by Gasteiger charge is 2.31. The number of nitrogens with one attached hydrogen (secondary N) is 1. The van der Waals surface area contributed by atoms with E-state index in [2.05, 4.69) is 27.3 Å². The number of benzene rings is 2. The second-order valence-corrected chi connectivity index (χ2v) is 8.47.